The Morgan fingerprint density at radius 3 is 0.713 bits per heavy atom. The molecule has 4 saturated heterocycles. The second kappa shape index (κ2) is 47.3. The lowest BCUT2D eigenvalue weighted by molar-refractivity contribution is -0.136. The van der Waals surface area contributed by atoms with Crippen molar-refractivity contribution in [3.8, 4) is 0 Å². The zero-order valence-electron chi connectivity index (χ0n) is 80.4. The third-order valence-corrected chi connectivity index (χ3v) is 28.2. The lowest BCUT2D eigenvalue weighted by Crippen LogP contribution is -2.55. The summed E-state index contributed by atoms with van der Waals surface area (Å²) in [5.41, 5.74) is 15.0. The summed E-state index contributed by atoms with van der Waals surface area (Å²) < 4.78 is 0. The number of imide groups is 4. The predicted molar refractivity (Wildman–Crippen MR) is 530 cm³/mol. The van der Waals surface area contributed by atoms with Crippen LogP contribution in [0.2, 0.25) is 0 Å². The molecule has 4 fully saturated rings. The fourth-order valence-corrected chi connectivity index (χ4v) is 22.5. The molecule has 0 radical (unpaired) electrons. The van der Waals surface area contributed by atoms with E-state index in [4.69, 9.17) is 0 Å². The number of hydrogen-bond donors (Lipinski definition) is 12. The predicted octanol–water partition coefficient (Wildman–Crippen LogP) is 11.1. The summed E-state index contributed by atoms with van der Waals surface area (Å²) in [4.78, 5) is 179. The second-order valence-electron chi connectivity index (χ2n) is 37.2. The molecule has 4 aliphatic heterocycles. The van der Waals surface area contributed by atoms with E-state index in [1.807, 2.05) is 52.0 Å². The van der Waals surface area contributed by atoms with Crippen molar-refractivity contribution < 1.29 is 57.5 Å². The lowest BCUT2D eigenvalue weighted by Gasteiger charge is -2.47. The first kappa shape index (κ1) is 101. The Morgan fingerprint density at radius 2 is 0.529 bits per heavy atom. The number of fused-ring (bicyclic) bond motifs is 8. The first-order chi connectivity index (χ1) is 65.8. The molecule has 16 amide bonds. The van der Waals surface area contributed by atoms with E-state index in [1.54, 1.807) is 0 Å². The van der Waals surface area contributed by atoms with E-state index in [9.17, 15) is 57.5 Å². The average Bonchev–Trinajstić information content (AvgIpc) is 1.33. The van der Waals surface area contributed by atoms with Gasteiger partial charge in [-0.05, 0) is 174 Å². The van der Waals surface area contributed by atoms with Crippen molar-refractivity contribution in [3.63, 3.8) is 0 Å². The molecular formula is C104H140N20O12. The fourth-order valence-electron chi connectivity index (χ4n) is 22.5. The Balaban J connectivity index is 0.000000153. The molecule has 4 aliphatic carbocycles. The quantitative estimate of drug-likeness (QED) is 0.0138. The van der Waals surface area contributed by atoms with Crippen molar-refractivity contribution in [2.24, 2.45) is 23.7 Å². The van der Waals surface area contributed by atoms with Gasteiger partial charge in [-0.25, -0.2) is 19.2 Å². The van der Waals surface area contributed by atoms with Gasteiger partial charge < -0.3 is 62.5 Å². The zero-order valence-corrected chi connectivity index (χ0v) is 80.4. The number of carbonyl (C=O) groups excluding carboxylic acids is 12. The monoisotopic (exact) mass is 1860 g/mol. The van der Waals surface area contributed by atoms with Crippen molar-refractivity contribution >= 4 is 115 Å². The molecule has 16 rings (SSSR count). The van der Waals surface area contributed by atoms with Crippen molar-refractivity contribution in [3.05, 3.63) is 193 Å². The van der Waals surface area contributed by atoms with Gasteiger partial charge in [-0.15, -0.1) is 26.3 Å². The second-order valence-corrected chi connectivity index (χ2v) is 37.2. The summed E-state index contributed by atoms with van der Waals surface area (Å²) >= 11 is 0. The molecule has 0 saturated carbocycles. The summed E-state index contributed by atoms with van der Waals surface area (Å²) in [5, 5.41) is 27.2. The SMILES string of the molecule is C=CCN1C[C@H](C(=O)N(CCCNC(C)=O)C(=O)NCC)C[C@@H]2c3cccc4[nH]cc(c34)C[C@H]21.C=CCN1C[C@H](C(=O)N(CCCNC(C)=O)C(=O)NCC)C[C@@H]2c3cccc4[nH]cc(c34)C[C@H]21.C=CCN1C[C@H](C(=O)N(CCCNC(C)=O)C(=O)NCC)C[C@@H]2c3cccc4[nH]cc(c34)C[C@H]21.C=CCN1C[C@H](C(=O)N(CCCNC(C)=O)C(=O)NCC)C[C@@H]2c3cccc4[nH]cc(c34)C[C@H]21. The number of amides is 16. The van der Waals surface area contributed by atoms with Crippen molar-refractivity contribution in [2.75, 3.05) is 131 Å². The zero-order chi connectivity index (χ0) is 97.0. The summed E-state index contributed by atoms with van der Waals surface area (Å²) in [6.07, 6.45) is 24.7. The molecular weight excluding hydrogens is 1720 g/mol. The molecule has 12 N–H and O–H groups in total. The lowest BCUT2D eigenvalue weighted by atomic mass is 9.72. The molecule has 0 spiro atoms. The molecule has 8 aromatic rings. The Kier molecular flexibility index (Phi) is 35.1. The van der Waals surface area contributed by atoms with Gasteiger partial charge in [-0.2, -0.15) is 0 Å². The van der Waals surface area contributed by atoms with Crippen LogP contribution in [0.5, 0.6) is 0 Å². The third kappa shape index (κ3) is 23.2. The van der Waals surface area contributed by atoms with E-state index < -0.39 is 0 Å². The molecule has 12 atom stereocenters. The molecule has 0 bridgehead atoms. The molecule has 136 heavy (non-hydrogen) atoms. The van der Waals surface area contributed by atoms with Crippen molar-refractivity contribution in [1.29, 1.82) is 0 Å². The number of benzene rings is 4. The van der Waals surface area contributed by atoms with Crippen LogP contribution in [0, 0.1) is 23.7 Å². The molecule has 4 aromatic carbocycles. The highest BCUT2D eigenvalue weighted by Crippen LogP contribution is 2.50. The van der Waals surface area contributed by atoms with Gasteiger partial charge in [0.15, 0.2) is 0 Å². The average molecular weight is 1860 g/mol. The summed E-state index contributed by atoms with van der Waals surface area (Å²) in [6, 6.07) is 25.2. The largest absolute Gasteiger partial charge is 0.361 e. The van der Waals surface area contributed by atoms with E-state index in [0.29, 0.717) is 180 Å². The van der Waals surface area contributed by atoms with Crippen LogP contribution < -0.4 is 42.5 Å². The molecule has 8 heterocycles. The first-order valence-electron chi connectivity index (χ1n) is 48.9. The number of H-pyrrole nitrogens is 4. The van der Waals surface area contributed by atoms with Crippen molar-refractivity contribution in [1.82, 2.24) is 102 Å². The standard InChI is InChI=1S/4C26H35N5O3/c4*1-4-11-30-16-19(25(33)31(26(34)27-5-2)12-7-10-28-17(3)32)13-21-20-8-6-9-22-24(20)18(15-29-22)14-23(21)30/h4*4,6,8-9,15,19,21,23,29H,1,5,7,10-14,16H2,2-3H3,(H,27,34)(H,28,32)/t4*19-,21-,23-/m1111/s1. The normalized spacial score (nSPS) is 21.5. The highest BCUT2D eigenvalue weighted by atomic mass is 16.2. The number of aromatic nitrogens is 4. The van der Waals surface area contributed by atoms with E-state index in [0.717, 1.165) is 47.8 Å². The number of nitrogens with one attached hydrogen (secondary N) is 12. The van der Waals surface area contributed by atoms with Crippen LogP contribution in [0.15, 0.2) is 148 Å². The van der Waals surface area contributed by atoms with Crippen LogP contribution in [-0.2, 0) is 64.0 Å². The summed E-state index contributed by atoms with van der Waals surface area (Å²) in [5.74, 6) is -1.38. The maximum Gasteiger partial charge on any atom is 0.324 e. The van der Waals surface area contributed by atoms with Gasteiger partial charge in [0.05, 0.1) is 23.7 Å². The van der Waals surface area contributed by atoms with Crippen LogP contribution in [0.4, 0.5) is 19.2 Å². The van der Waals surface area contributed by atoms with Gasteiger partial charge in [0.25, 0.3) is 0 Å². The Labute approximate surface area is 797 Å². The number of rotatable bonds is 32. The highest BCUT2D eigenvalue weighted by molar-refractivity contribution is 6.00. The van der Waals surface area contributed by atoms with E-state index >= 15 is 0 Å². The van der Waals surface area contributed by atoms with E-state index in [1.165, 1.54) is 113 Å². The molecule has 32 nitrogen and oxygen atoms in total. The van der Waals surface area contributed by atoms with Crippen LogP contribution in [0.3, 0.4) is 0 Å². The summed E-state index contributed by atoms with van der Waals surface area (Å²) in [6.45, 7) is 38.8. The van der Waals surface area contributed by atoms with Crippen LogP contribution in [0.25, 0.3) is 43.6 Å². The van der Waals surface area contributed by atoms with Gasteiger partial charge in [-0.1, -0.05) is 72.8 Å². The topological polar surface area (TPSA) is 390 Å². The Bertz CT molecular complexity index is 4990. The minimum Gasteiger partial charge on any atom is -0.361 e. The van der Waals surface area contributed by atoms with Gasteiger partial charge in [0.2, 0.25) is 47.3 Å². The number of nitrogens with zero attached hydrogens (tertiary/aromatic N) is 8. The minimum absolute atomic E-state index is 0.120. The smallest absolute Gasteiger partial charge is 0.324 e. The van der Waals surface area contributed by atoms with Gasteiger partial charge in [-0.3, -0.25) is 77.6 Å². The maximum atomic E-state index is 13.7. The van der Waals surface area contributed by atoms with Crippen LogP contribution in [0.1, 0.15) is 175 Å². The van der Waals surface area contributed by atoms with Gasteiger partial charge >= 0.3 is 24.1 Å². The number of urea groups is 4. The number of piperidine rings is 4. The van der Waals surface area contributed by atoms with Crippen molar-refractivity contribution in [2.45, 2.75) is 180 Å². The van der Waals surface area contributed by atoms with E-state index in [-0.39, 0.29) is 145 Å². The number of likely N-dealkylation sites (tertiary alicyclic amines) is 4. The summed E-state index contributed by atoms with van der Waals surface area (Å²) in [7, 11) is 0. The fraction of sp³-hybridized carbons (Fsp3) is 0.500. The Morgan fingerprint density at radius 1 is 0.324 bits per heavy atom. The van der Waals surface area contributed by atoms with Crippen LogP contribution in [-0.4, -0.2) is 286 Å². The van der Waals surface area contributed by atoms with Gasteiger partial charge in [0, 0.05) is 275 Å². The number of aromatic amines is 4. The van der Waals surface area contributed by atoms with Gasteiger partial charge in [0.1, 0.15) is 0 Å². The van der Waals surface area contributed by atoms with Crippen LogP contribution >= 0.6 is 0 Å². The maximum absolute atomic E-state index is 13.7. The first-order valence-corrected chi connectivity index (χ1v) is 48.9. The molecule has 728 valence electrons. The highest BCUT2D eigenvalue weighted by Gasteiger charge is 2.50. The molecule has 32 heteroatoms. The minimum atomic E-state index is -0.369. The number of carbonyl (C=O) groups is 12. The number of hydrogen-bond acceptors (Lipinski definition) is 16. The third-order valence-electron chi connectivity index (χ3n) is 28.2. The molecule has 0 unspecified atom stereocenters. The molecule has 4 aromatic heterocycles. The van der Waals surface area contributed by atoms with E-state index in [2.05, 4.69) is 206 Å². The Hall–Kier alpha value is -12.5. The molecule has 8 aliphatic rings.